The van der Waals surface area contributed by atoms with Crippen LogP contribution >= 0.6 is 11.6 Å². The first-order chi connectivity index (χ1) is 11.6. The Bertz CT molecular complexity index is 731. The largest absolute Gasteiger partial charge is 0.497 e. The normalized spacial score (nSPS) is 17.0. The van der Waals surface area contributed by atoms with E-state index in [9.17, 15) is 4.79 Å². The van der Waals surface area contributed by atoms with Crippen LogP contribution in [0.15, 0.2) is 42.5 Å². The molecule has 0 saturated carbocycles. The summed E-state index contributed by atoms with van der Waals surface area (Å²) in [6, 6.07) is 13.5. The van der Waals surface area contributed by atoms with Gasteiger partial charge in [-0.2, -0.15) is 0 Å². The van der Waals surface area contributed by atoms with E-state index in [1.165, 1.54) is 0 Å². The third-order valence-electron chi connectivity index (χ3n) is 4.52. The van der Waals surface area contributed by atoms with E-state index < -0.39 is 0 Å². The molecule has 1 heterocycles. The molecule has 1 N–H and O–H groups in total. The first-order valence-electron chi connectivity index (χ1n) is 8.07. The summed E-state index contributed by atoms with van der Waals surface area (Å²) >= 11 is 6.13. The molecule has 0 radical (unpaired) electrons. The number of urea groups is 1. The Morgan fingerprint density at radius 2 is 2.00 bits per heavy atom. The number of hydrogen-bond donors (Lipinski definition) is 1. The van der Waals surface area contributed by atoms with Crippen LogP contribution in [0.2, 0.25) is 5.02 Å². The molecule has 1 aliphatic heterocycles. The van der Waals surface area contributed by atoms with Crippen molar-refractivity contribution < 1.29 is 9.53 Å². The van der Waals surface area contributed by atoms with Gasteiger partial charge >= 0.3 is 6.03 Å². The molecule has 126 valence electrons. The average molecular weight is 345 g/mol. The van der Waals surface area contributed by atoms with Crippen molar-refractivity contribution in [2.75, 3.05) is 19.0 Å². The molecule has 1 atom stereocenters. The first-order valence-corrected chi connectivity index (χ1v) is 8.44. The van der Waals surface area contributed by atoms with Gasteiger partial charge in [0.2, 0.25) is 0 Å². The van der Waals surface area contributed by atoms with Gasteiger partial charge in [0.1, 0.15) is 5.75 Å². The zero-order valence-corrected chi connectivity index (χ0v) is 14.6. The maximum Gasteiger partial charge on any atom is 0.322 e. The highest BCUT2D eigenvalue weighted by Crippen LogP contribution is 2.33. The van der Waals surface area contributed by atoms with Crippen LogP contribution in [0.5, 0.6) is 5.75 Å². The van der Waals surface area contributed by atoms with Crippen molar-refractivity contribution in [1.82, 2.24) is 4.90 Å². The Balaban J connectivity index is 1.76. The van der Waals surface area contributed by atoms with Crippen molar-refractivity contribution in [1.29, 1.82) is 0 Å². The van der Waals surface area contributed by atoms with Crippen LogP contribution in [0.4, 0.5) is 10.5 Å². The molecule has 24 heavy (non-hydrogen) atoms. The Morgan fingerprint density at radius 1 is 1.25 bits per heavy atom. The summed E-state index contributed by atoms with van der Waals surface area (Å²) in [5.74, 6) is 0.822. The molecule has 1 fully saturated rings. The number of methoxy groups -OCH3 is 1. The highest BCUT2D eigenvalue weighted by Gasteiger charge is 2.30. The van der Waals surface area contributed by atoms with E-state index in [0.717, 1.165) is 42.0 Å². The van der Waals surface area contributed by atoms with Crippen molar-refractivity contribution in [3.63, 3.8) is 0 Å². The minimum absolute atomic E-state index is 0.0846. The predicted molar refractivity (Wildman–Crippen MR) is 96.9 cm³/mol. The topological polar surface area (TPSA) is 41.6 Å². The Hall–Kier alpha value is -2.20. The van der Waals surface area contributed by atoms with Crippen molar-refractivity contribution in [3.8, 4) is 5.75 Å². The molecule has 2 aromatic rings. The number of halogens is 1. The third kappa shape index (κ3) is 3.34. The molecule has 1 unspecified atom stereocenters. The lowest BCUT2D eigenvalue weighted by molar-refractivity contribution is 0.207. The third-order valence-corrected chi connectivity index (χ3v) is 4.93. The minimum Gasteiger partial charge on any atom is -0.497 e. The molecule has 1 saturated heterocycles. The number of carbonyl (C=O) groups is 1. The van der Waals surface area contributed by atoms with E-state index in [4.69, 9.17) is 16.3 Å². The summed E-state index contributed by atoms with van der Waals surface area (Å²) in [5, 5.41) is 3.65. The molecule has 3 rings (SSSR count). The summed E-state index contributed by atoms with van der Waals surface area (Å²) in [7, 11) is 1.65. The fraction of sp³-hybridized carbons (Fsp3) is 0.316. The van der Waals surface area contributed by atoms with E-state index in [1.54, 1.807) is 7.11 Å². The smallest absolute Gasteiger partial charge is 0.322 e. The van der Waals surface area contributed by atoms with Crippen molar-refractivity contribution in [2.24, 2.45) is 0 Å². The Kier molecular flexibility index (Phi) is 4.95. The zero-order valence-electron chi connectivity index (χ0n) is 13.9. The predicted octanol–water partition coefficient (Wildman–Crippen LogP) is 5.03. The fourth-order valence-corrected chi connectivity index (χ4v) is 3.29. The van der Waals surface area contributed by atoms with Crippen LogP contribution in [-0.2, 0) is 0 Å². The monoisotopic (exact) mass is 344 g/mol. The lowest BCUT2D eigenvalue weighted by Crippen LogP contribution is -2.34. The van der Waals surface area contributed by atoms with Gasteiger partial charge in [0.05, 0.1) is 13.2 Å². The van der Waals surface area contributed by atoms with Gasteiger partial charge < -0.3 is 15.0 Å². The van der Waals surface area contributed by atoms with Gasteiger partial charge in [-0.05, 0) is 55.2 Å². The molecule has 2 amide bonds. The molecule has 0 aliphatic carbocycles. The van der Waals surface area contributed by atoms with Gasteiger partial charge in [-0.25, -0.2) is 4.79 Å². The van der Waals surface area contributed by atoms with Crippen molar-refractivity contribution in [2.45, 2.75) is 25.8 Å². The van der Waals surface area contributed by atoms with Gasteiger partial charge in [-0.15, -0.1) is 0 Å². The number of anilines is 1. The van der Waals surface area contributed by atoms with Crippen LogP contribution in [-0.4, -0.2) is 24.6 Å². The lowest BCUT2D eigenvalue weighted by Gasteiger charge is -2.26. The van der Waals surface area contributed by atoms with E-state index in [0.29, 0.717) is 5.02 Å². The van der Waals surface area contributed by atoms with E-state index in [2.05, 4.69) is 5.32 Å². The van der Waals surface area contributed by atoms with Crippen LogP contribution < -0.4 is 10.1 Å². The number of benzene rings is 2. The van der Waals surface area contributed by atoms with Crippen molar-refractivity contribution in [3.05, 3.63) is 58.6 Å². The van der Waals surface area contributed by atoms with Crippen LogP contribution in [0.25, 0.3) is 0 Å². The summed E-state index contributed by atoms with van der Waals surface area (Å²) in [6.45, 7) is 2.66. The Morgan fingerprint density at radius 3 is 2.71 bits per heavy atom. The number of carbonyl (C=O) groups excluding carboxylic acids is 1. The molecule has 0 bridgehead atoms. The molecule has 5 heteroatoms. The highest BCUT2D eigenvalue weighted by molar-refractivity contribution is 6.31. The lowest BCUT2D eigenvalue weighted by atomic mass is 10.0. The van der Waals surface area contributed by atoms with E-state index in [1.807, 2.05) is 54.3 Å². The Labute approximate surface area is 147 Å². The standard InChI is InChI=1S/C19H21ClN2O2/c1-13-16(20)5-3-6-17(13)21-19(23)22-12-4-7-18(22)14-8-10-15(24-2)11-9-14/h3,5-6,8-11,18H,4,7,12H2,1-2H3,(H,21,23). The van der Waals surface area contributed by atoms with E-state index >= 15 is 0 Å². The van der Waals surface area contributed by atoms with Crippen LogP contribution in [0.1, 0.15) is 30.0 Å². The number of nitrogens with zero attached hydrogens (tertiary/aromatic N) is 1. The average Bonchev–Trinajstić information content (AvgIpc) is 3.09. The molecule has 1 aliphatic rings. The number of likely N-dealkylation sites (tertiary alicyclic amines) is 1. The molecule has 2 aromatic carbocycles. The SMILES string of the molecule is COc1ccc(C2CCCN2C(=O)Nc2cccc(Cl)c2C)cc1. The highest BCUT2D eigenvalue weighted by atomic mass is 35.5. The van der Waals surface area contributed by atoms with Gasteiger partial charge in [-0.3, -0.25) is 0 Å². The van der Waals surface area contributed by atoms with E-state index in [-0.39, 0.29) is 12.1 Å². The molecule has 0 aromatic heterocycles. The molecular formula is C19H21ClN2O2. The second-order valence-corrected chi connectivity index (χ2v) is 6.37. The second kappa shape index (κ2) is 7.14. The number of nitrogens with one attached hydrogen (secondary N) is 1. The molecular weight excluding hydrogens is 324 g/mol. The minimum atomic E-state index is -0.0846. The summed E-state index contributed by atoms with van der Waals surface area (Å²) in [6.07, 6.45) is 1.97. The van der Waals surface area contributed by atoms with Gasteiger partial charge in [0, 0.05) is 17.3 Å². The molecule has 0 spiro atoms. The number of ether oxygens (including phenoxy) is 1. The quantitative estimate of drug-likeness (QED) is 0.848. The second-order valence-electron chi connectivity index (χ2n) is 5.97. The summed E-state index contributed by atoms with van der Waals surface area (Å²) in [4.78, 5) is 14.6. The maximum absolute atomic E-state index is 12.7. The number of hydrogen-bond acceptors (Lipinski definition) is 2. The fourth-order valence-electron chi connectivity index (χ4n) is 3.11. The number of rotatable bonds is 3. The first kappa shape index (κ1) is 16.7. The molecule has 4 nitrogen and oxygen atoms in total. The van der Waals surface area contributed by atoms with Crippen LogP contribution in [0, 0.1) is 6.92 Å². The summed E-state index contributed by atoms with van der Waals surface area (Å²) < 4.78 is 5.20. The van der Waals surface area contributed by atoms with Gasteiger partial charge in [0.25, 0.3) is 0 Å². The summed E-state index contributed by atoms with van der Waals surface area (Å²) in [5.41, 5.74) is 2.77. The van der Waals surface area contributed by atoms with Gasteiger partial charge in [0.15, 0.2) is 0 Å². The van der Waals surface area contributed by atoms with Gasteiger partial charge in [-0.1, -0.05) is 29.8 Å². The van der Waals surface area contributed by atoms with Crippen molar-refractivity contribution >= 4 is 23.3 Å². The maximum atomic E-state index is 12.7. The number of amides is 2. The van der Waals surface area contributed by atoms with Crippen LogP contribution in [0.3, 0.4) is 0 Å². The zero-order chi connectivity index (χ0) is 17.1.